The quantitative estimate of drug-likeness (QED) is 0.802. The Labute approximate surface area is 144 Å². The molecule has 4 rings (SSSR count). The van der Waals surface area contributed by atoms with Gasteiger partial charge >= 0.3 is 5.97 Å². The molecule has 2 heterocycles. The van der Waals surface area contributed by atoms with Gasteiger partial charge < -0.3 is 19.1 Å². The number of hydrogen-bond acceptors (Lipinski definition) is 5. The van der Waals surface area contributed by atoms with Crippen molar-refractivity contribution in [1.82, 2.24) is 0 Å². The number of esters is 1. The van der Waals surface area contributed by atoms with E-state index in [1.165, 1.54) is 0 Å². The Morgan fingerprint density at radius 2 is 1.84 bits per heavy atom. The highest BCUT2D eigenvalue weighted by atomic mass is 16.6. The summed E-state index contributed by atoms with van der Waals surface area (Å²) >= 11 is 0. The van der Waals surface area contributed by atoms with E-state index in [-0.39, 0.29) is 12.5 Å². The molecule has 25 heavy (non-hydrogen) atoms. The van der Waals surface area contributed by atoms with Crippen LogP contribution in [0.1, 0.15) is 15.9 Å². The number of fused-ring (bicyclic) bond motifs is 2. The molecule has 0 saturated heterocycles. The largest absolute Gasteiger partial charge is 0.486 e. The summed E-state index contributed by atoms with van der Waals surface area (Å²) in [4.78, 5) is 26.2. The third-order valence-electron chi connectivity index (χ3n) is 4.29. The first-order chi connectivity index (χ1) is 12.2. The molecule has 6 nitrogen and oxygen atoms in total. The standard InChI is InChI=1S/C19H17NO5/c21-18(20-8-7-13-3-1-2-4-15(13)20)12-25-19(22)14-5-6-16-17(11-14)24-10-9-23-16/h1-6,11H,7-10,12H2. The average Bonchev–Trinajstić information content (AvgIpc) is 3.09. The van der Waals surface area contributed by atoms with Crippen LogP contribution in [0.15, 0.2) is 42.5 Å². The summed E-state index contributed by atoms with van der Waals surface area (Å²) in [5, 5.41) is 0. The number of amides is 1. The Morgan fingerprint density at radius 1 is 1.04 bits per heavy atom. The van der Waals surface area contributed by atoms with E-state index in [0.717, 1.165) is 17.7 Å². The summed E-state index contributed by atoms with van der Waals surface area (Å²) in [5.41, 5.74) is 2.36. The second kappa shape index (κ2) is 6.47. The molecule has 0 fully saturated rings. The van der Waals surface area contributed by atoms with Crippen LogP contribution in [0.4, 0.5) is 5.69 Å². The first-order valence-corrected chi connectivity index (χ1v) is 8.17. The van der Waals surface area contributed by atoms with Crippen molar-refractivity contribution < 1.29 is 23.8 Å². The molecule has 0 bridgehead atoms. The zero-order valence-corrected chi connectivity index (χ0v) is 13.6. The average molecular weight is 339 g/mol. The minimum atomic E-state index is -0.558. The second-order valence-electron chi connectivity index (χ2n) is 5.86. The first kappa shape index (κ1) is 15.5. The van der Waals surface area contributed by atoms with Gasteiger partial charge in [-0.25, -0.2) is 4.79 Å². The Morgan fingerprint density at radius 3 is 2.72 bits per heavy atom. The highest BCUT2D eigenvalue weighted by Crippen LogP contribution is 2.31. The van der Waals surface area contributed by atoms with Crippen molar-refractivity contribution in [1.29, 1.82) is 0 Å². The van der Waals surface area contributed by atoms with Crippen molar-refractivity contribution in [3.8, 4) is 11.5 Å². The topological polar surface area (TPSA) is 65.1 Å². The van der Waals surface area contributed by atoms with Gasteiger partial charge in [0.15, 0.2) is 18.1 Å². The lowest BCUT2D eigenvalue weighted by molar-refractivity contribution is -0.121. The number of nitrogens with zero attached hydrogens (tertiary/aromatic N) is 1. The Hall–Kier alpha value is -3.02. The summed E-state index contributed by atoms with van der Waals surface area (Å²) in [6.07, 6.45) is 0.817. The fourth-order valence-electron chi connectivity index (χ4n) is 3.06. The maximum atomic E-state index is 12.4. The number of carbonyl (C=O) groups excluding carboxylic acids is 2. The van der Waals surface area contributed by atoms with Gasteiger partial charge in [-0.15, -0.1) is 0 Å². The molecule has 0 N–H and O–H groups in total. The second-order valence-corrected chi connectivity index (χ2v) is 5.86. The first-order valence-electron chi connectivity index (χ1n) is 8.17. The fraction of sp³-hybridized carbons (Fsp3) is 0.263. The van der Waals surface area contributed by atoms with Crippen LogP contribution in [0.5, 0.6) is 11.5 Å². The molecule has 0 atom stereocenters. The van der Waals surface area contributed by atoms with Crippen molar-refractivity contribution in [2.24, 2.45) is 0 Å². The SMILES string of the molecule is O=C(OCC(=O)N1CCc2ccccc21)c1ccc2c(c1)OCCO2. The highest BCUT2D eigenvalue weighted by molar-refractivity contribution is 5.98. The molecule has 2 aromatic carbocycles. The molecule has 1 amide bonds. The predicted octanol–water partition coefficient (Wildman–Crippen LogP) is 2.20. The van der Waals surface area contributed by atoms with Gasteiger partial charge in [0.25, 0.3) is 5.91 Å². The van der Waals surface area contributed by atoms with Crippen LogP contribution >= 0.6 is 0 Å². The fourth-order valence-corrected chi connectivity index (χ4v) is 3.06. The van der Waals surface area contributed by atoms with Crippen LogP contribution < -0.4 is 14.4 Å². The number of anilines is 1. The van der Waals surface area contributed by atoms with Gasteiger partial charge in [-0.05, 0) is 36.2 Å². The third kappa shape index (κ3) is 3.03. The molecule has 2 aliphatic rings. The summed E-state index contributed by atoms with van der Waals surface area (Å²) in [6, 6.07) is 12.6. The Bertz CT molecular complexity index is 832. The number of ether oxygens (including phenoxy) is 3. The minimum Gasteiger partial charge on any atom is -0.486 e. The van der Waals surface area contributed by atoms with Crippen LogP contribution in [0.25, 0.3) is 0 Å². The molecule has 0 aromatic heterocycles. The van der Waals surface area contributed by atoms with E-state index in [2.05, 4.69) is 0 Å². The van der Waals surface area contributed by atoms with Crippen LogP contribution in [-0.4, -0.2) is 38.2 Å². The van der Waals surface area contributed by atoms with Gasteiger partial charge in [-0.2, -0.15) is 0 Å². The zero-order chi connectivity index (χ0) is 17.2. The molecule has 2 aliphatic heterocycles. The Kier molecular flexibility index (Phi) is 4.01. The smallest absolute Gasteiger partial charge is 0.338 e. The lowest BCUT2D eigenvalue weighted by Crippen LogP contribution is -2.33. The van der Waals surface area contributed by atoms with E-state index in [0.29, 0.717) is 36.8 Å². The maximum Gasteiger partial charge on any atom is 0.338 e. The van der Waals surface area contributed by atoms with Crippen molar-refractivity contribution in [3.63, 3.8) is 0 Å². The molecule has 0 radical (unpaired) electrons. The lowest BCUT2D eigenvalue weighted by Gasteiger charge is -2.19. The Balaban J connectivity index is 1.40. The van der Waals surface area contributed by atoms with Crippen LogP contribution in [0, 0.1) is 0 Å². The lowest BCUT2D eigenvalue weighted by atomic mass is 10.2. The predicted molar refractivity (Wildman–Crippen MR) is 90.2 cm³/mol. The molecular weight excluding hydrogens is 322 g/mol. The van der Waals surface area contributed by atoms with E-state index in [4.69, 9.17) is 14.2 Å². The van der Waals surface area contributed by atoms with E-state index in [1.807, 2.05) is 24.3 Å². The summed E-state index contributed by atoms with van der Waals surface area (Å²) in [5.74, 6) is 0.335. The number of hydrogen-bond donors (Lipinski definition) is 0. The number of carbonyl (C=O) groups is 2. The van der Waals surface area contributed by atoms with Crippen molar-refractivity contribution >= 4 is 17.6 Å². The summed E-state index contributed by atoms with van der Waals surface area (Å²) in [7, 11) is 0. The van der Waals surface area contributed by atoms with Gasteiger partial charge in [0.05, 0.1) is 5.56 Å². The van der Waals surface area contributed by atoms with Crippen LogP contribution in [0.3, 0.4) is 0 Å². The maximum absolute atomic E-state index is 12.4. The van der Waals surface area contributed by atoms with E-state index in [9.17, 15) is 9.59 Å². The summed E-state index contributed by atoms with van der Waals surface area (Å²) in [6.45, 7) is 1.25. The molecule has 0 aliphatic carbocycles. The van der Waals surface area contributed by atoms with Crippen molar-refractivity contribution in [2.45, 2.75) is 6.42 Å². The van der Waals surface area contributed by atoms with Gasteiger partial charge in [0.1, 0.15) is 13.2 Å². The van der Waals surface area contributed by atoms with E-state index >= 15 is 0 Å². The van der Waals surface area contributed by atoms with Gasteiger partial charge in [-0.3, -0.25) is 4.79 Å². The van der Waals surface area contributed by atoms with Crippen molar-refractivity contribution in [2.75, 3.05) is 31.3 Å². The van der Waals surface area contributed by atoms with Gasteiger partial charge in [0.2, 0.25) is 0 Å². The van der Waals surface area contributed by atoms with Crippen molar-refractivity contribution in [3.05, 3.63) is 53.6 Å². The number of para-hydroxylation sites is 1. The normalized spacial score (nSPS) is 14.8. The molecule has 0 unspecified atom stereocenters. The zero-order valence-electron chi connectivity index (χ0n) is 13.6. The molecule has 128 valence electrons. The number of rotatable bonds is 3. The van der Waals surface area contributed by atoms with E-state index < -0.39 is 5.97 Å². The van der Waals surface area contributed by atoms with E-state index in [1.54, 1.807) is 23.1 Å². The number of benzene rings is 2. The monoisotopic (exact) mass is 339 g/mol. The summed E-state index contributed by atoms with van der Waals surface area (Å²) < 4.78 is 16.1. The minimum absolute atomic E-state index is 0.226. The van der Waals surface area contributed by atoms with Crippen LogP contribution in [0.2, 0.25) is 0 Å². The molecule has 6 heteroatoms. The molecular formula is C19H17NO5. The van der Waals surface area contributed by atoms with Gasteiger partial charge in [0, 0.05) is 12.2 Å². The molecule has 0 saturated carbocycles. The highest BCUT2D eigenvalue weighted by Gasteiger charge is 2.25. The van der Waals surface area contributed by atoms with Gasteiger partial charge in [-0.1, -0.05) is 18.2 Å². The van der Waals surface area contributed by atoms with Crippen LogP contribution in [-0.2, 0) is 16.0 Å². The molecule has 0 spiro atoms. The third-order valence-corrected chi connectivity index (χ3v) is 4.29. The molecule has 2 aromatic rings.